The van der Waals surface area contributed by atoms with Crippen LogP contribution in [0, 0.1) is 0 Å². The third-order valence-electron chi connectivity index (χ3n) is 1.73. The highest BCUT2D eigenvalue weighted by molar-refractivity contribution is 7.91. The molecule has 0 saturated carbocycles. The quantitative estimate of drug-likeness (QED) is 0.624. The number of hydrogen-bond donors (Lipinski definition) is 2. The molecule has 0 spiro atoms. The minimum absolute atomic E-state index is 0.0162. The van der Waals surface area contributed by atoms with Gasteiger partial charge in [-0.3, -0.25) is 4.79 Å². The van der Waals surface area contributed by atoms with Crippen LogP contribution in [-0.4, -0.2) is 44.1 Å². The van der Waals surface area contributed by atoms with Gasteiger partial charge >= 0.3 is 0 Å². The summed E-state index contributed by atoms with van der Waals surface area (Å²) in [6, 6.07) is -0.144. The summed E-state index contributed by atoms with van der Waals surface area (Å²) in [5.74, 6) is -0.998. The van der Waals surface area contributed by atoms with Gasteiger partial charge in [0.2, 0.25) is 5.91 Å². The van der Waals surface area contributed by atoms with Gasteiger partial charge in [0.1, 0.15) is 5.75 Å². The predicted octanol–water partition coefficient (Wildman–Crippen LogP) is -0.692. The lowest BCUT2D eigenvalue weighted by Crippen LogP contribution is -2.38. The first-order valence-electron chi connectivity index (χ1n) is 4.47. The molecule has 0 aliphatic heterocycles. The van der Waals surface area contributed by atoms with Crippen LogP contribution >= 0.6 is 0 Å². The fourth-order valence-electron chi connectivity index (χ4n) is 1.04. The van der Waals surface area contributed by atoms with Crippen molar-refractivity contribution in [2.75, 3.05) is 18.6 Å². The summed E-state index contributed by atoms with van der Waals surface area (Å²) in [6.45, 7) is 1.85. The maximum atomic E-state index is 11.1. The Labute approximate surface area is 84.4 Å². The largest absolute Gasteiger partial charge is 0.396 e. The molecule has 1 unspecified atom stereocenters. The van der Waals surface area contributed by atoms with Crippen molar-refractivity contribution >= 4 is 15.7 Å². The molecular weight excluding hydrogens is 206 g/mol. The number of amides is 1. The van der Waals surface area contributed by atoms with Gasteiger partial charge in [0.05, 0.1) is 0 Å². The van der Waals surface area contributed by atoms with Gasteiger partial charge in [-0.25, -0.2) is 8.42 Å². The van der Waals surface area contributed by atoms with E-state index in [2.05, 4.69) is 5.32 Å². The fourth-order valence-corrected chi connectivity index (χ4v) is 1.60. The Bertz CT molecular complexity index is 273. The van der Waals surface area contributed by atoms with E-state index in [1.165, 1.54) is 0 Å². The number of sulfone groups is 1. The Balaban J connectivity index is 4.03. The summed E-state index contributed by atoms with van der Waals surface area (Å²) in [4.78, 5) is 11.1. The highest BCUT2D eigenvalue weighted by Gasteiger charge is 2.14. The van der Waals surface area contributed by atoms with Crippen LogP contribution in [0.3, 0.4) is 0 Å². The van der Waals surface area contributed by atoms with Crippen LogP contribution < -0.4 is 5.32 Å². The molecule has 2 N–H and O–H groups in total. The number of aliphatic hydroxyl groups excluding tert-OH is 1. The average Bonchev–Trinajstić information content (AvgIpc) is 2.00. The van der Waals surface area contributed by atoms with E-state index in [4.69, 9.17) is 5.11 Å². The number of nitrogens with one attached hydrogen (secondary N) is 1. The SMILES string of the molecule is CCC(CCO)NC(=O)CS(C)(=O)=O. The molecule has 84 valence electrons. The van der Waals surface area contributed by atoms with E-state index in [1.807, 2.05) is 6.92 Å². The van der Waals surface area contributed by atoms with Gasteiger partial charge < -0.3 is 10.4 Å². The molecule has 0 aliphatic rings. The Hall–Kier alpha value is -0.620. The van der Waals surface area contributed by atoms with Gasteiger partial charge in [-0.2, -0.15) is 0 Å². The van der Waals surface area contributed by atoms with E-state index < -0.39 is 21.5 Å². The second-order valence-electron chi connectivity index (χ2n) is 3.26. The van der Waals surface area contributed by atoms with Crippen LogP contribution in [0.2, 0.25) is 0 Å². The minimum Gasteiger partial charge on any atom is -0.396 e. The van der Waals surface area contributed by atoms with Gasteiger partial charge in [0, 0.05) is 18.9 Å². The van der Waals surface area contributed by atoms with E-state index in [1.54, 1.807) is 0 Å². The molecule has 0 aromatic carbocycles. The van der Waals surface area contributed by atoms with Gasteiger partial charge in [-0.15, -0.1) is 0 Å². The maximum absolute atomic E-state index is 11.1. The summed E-state index contributed by atoms with van der Waals surface area (Å²) in [5.41, 5.74) is 0. The summed E-state index contributed by atoms with van der Waals surface area (Å²) in [7, 11) is -3.27. The molecule has 0 heterocycles. The third-order valence-corrected chi connectivity index (χ3v) is 2.52. The van der Waals surface area contributed by atoms with Crippen molar-refractivity contribution in [2.24, 2.45) is 0 Å². The van der Waals surface area contributed by atoms with Crippen molar-refractivity contribution in [3.05, 3.63) is 0 Å². The molecule has 1 atom stereocenters. The molecule has 0 radical (unpaired) electrons. The Morgan fingerprint density at radius 2 is 2.07 bits per heavy atom. The number of hydrogen-bond acceptors (Lipinski definition) is 4. The minimum atomic E-state index is -3.27. The van der Waals surface area contributed by atoms with E-state index >= 15 is 0 Å². The molecule has 0 fully saturated rings. The molecule has 5 nitrogen and oxygen atoms in total. The molecule has 6 heteroatoms. The number of carbonyl (C=O) groups excluding carboxylic acids is 1. The summed E-state index contributed by atoms with van der Waals surface area (Å²) < 4.78 is 21.5. The highest BCUT2D eigenvalue weighted by atomic mass is 32.2. The van der Waals surface area contributed by atoms with Crippen molar-refractivity contribution < 1.29 is 18.3 Å². The molecule has 0 aromatic heterocycles. The number of aliphatic hydroxyl groups is 1. The Morgan fingerprint density at radius 1 is 1.50 bits per heavy atom. The van der Waals surface area contributed by atoms with Gasteiger partial charge in [-0.1, -0.05) is 6.92 Å². The van der Waals surface area contributed by atoms with Crippen molar-refractivity contribution in [2.45, 2.75) is 25.8 Å². The molecule has 0 aliphatic carbocycles. The monoisotopic (exact) mass is 223 g/mol. The van der Waals surface area contributed by atoms with Crippen LogP contribution in [0.15, 0.2) is 0 Å². The van der Waals surface area contributed by atoms with Crippen LogP contribution in [0.25, 0.3) is 0 Å². The summed E-state index contributed by atoms with van der Waals surface area (Å²) in [6.07, 6.45) is 2.14. The molecule has 0 rings (SSSR count). The first kappa shape index (κ1) is 13.4. The summed E-state index contributed by atoms with van der Waals surface area (Å²) >= 11 is 0. The van der Waals surface area contributed by atoms with E-state index in [-0.39, 0.29) is 12.6 Å². The van der Waals surface area contributed by atoms with Crippen molar-refractivity contribution in [1.82, 2.24) is 5.32 Å². The predicted molar refractivity (Wildman–Crippen MR) is 53.6 cm³/mol. The van der Waals surface area contributed by atoms with E-state index in [0.29, 0.717) is 12.8 Å². The average molecular weight is 223 g/mol. The Kier molecular flexibility index (Phi) is 5.71. The number of carbonyl (C=O) groups is 1. The van der Waals surface area contributed by atoms with Gasteiger partial charge in [-0.05, 0) is 12.8 Å². The molecule has 0 aromatic rings. The second kappa shape index (κ2) is 5.98. The first-order chi connectivity index (χ1) is 6.39. The molecule has 14 heavy (non-hydrogen) atoms. The van der Waals surface area contributed by atoms with Crippen LogP contribution in [0.4, 0.5) is 0 Å². The van der Waals surface area contributed by atoms with Crippen LogP contribution in [0.1, 0.15) is 19.8 Å². The van der Waals surface area contributed by atoms with Crippen molar-refractivity contribution in [3.8, 4) is 0 Å². The fraction of sp³-hybridized carbons (Fsp3) is 0.875. The van der Waals surface area contributed by atoms with Gasteiger partial charge in [0.15, 0.2) is 9.84 Å². The smallest absolute Gasteiger partial charge is 0.235 e. The lowest BCUT2D eigenvalue weighted by molar-refractivity contribution is -0.119. The summed E-state index contributed by atoms with van der Waals surface area (Å²) in [5, 5.41) is 11.2. The molecule has 0 bridgehead atoms. The van der Waals surface area contributed by atoms with E-state index in [9.17, 15) is 13.2 Å². The maximum Gasteiger partial charge on any atom is 0.235 e. The Morgan fingerprint density at radius 3 is 2.43 bits per heavy atom. The molecule has 1 amide bonds. The van der Waals surface area contributed by atoms with Gasteiger partial charge in [0.25, 0.3) is 0 Å². The van der Waals surface area contributed by atoms with Crippen LogP contribution in [0.5, 0.6) is 0 Å². The lowest BCUT2D eigenvalue weighted by Gasteiger charge is -2.14. The zero-order chi connectivity index (χ0) is 11.2. The first-order valence-corrected chi connectivity index (χ1v) is 6.53. The normalized spacial score (nSPS) is 13.6. The highest BCUT2D eigenvalue weighted by Crippen LogP contribution is 1.96. The topological polar surface area (TPSA) is 83.5 Å². The zero-order valence-electron chi connectivity index (χ0n) is 8.49. The van der Waals surface area contributed by atoms with Crippen molar-refractivity contribution in [1.29, 1.82) is 0 Å². The lowest BCUT2D eigenvalue weighted by atomic mass is 10.1. The third kappa shape index (κ3) is 6.85. The zero-order valence-corrected chi connectivity index (χ0v) is 9.30. The molecular formula is C8H17NO4S. The number of rotatable bonds is 6. The standard InChI is InChI=1S/C8H17NO4S/c1-3-7(4-5-10)9-8(11)6-14(2,12)13/h7,10H,3-6H2,1-2H3,(H,9,11). The second-order valence-corrected chi connectivity index (χ2v) is 5.40. The van der Waals surface area contributed by atoms with E-state index in [0.717, 1.165) is 6.26 Å². The van der Waals surface area contributed by atoms with Crippen molar-refractivity contribution in [3.63, 3.8) is 0 Å². The molecule has 0 saturated heterocycles. The van der Waals surface area contributed by atoms with Crippen LogP contribution in [-0.2, 0) is 14.6 Å².